The van der Waals surface area contributed by atoms with Gasteiger partial charge in [-0.1, -0.05) is 159 Å². The Morgan fingerprint density at radius 1 is 0.726 bits per heavy atom. The lowest BCUT2D eigenvalue weighted by Crippen LogP contribution is -2.36. The number of phosphoric acid groups is 2. The van der Waals surface area contributed by atoms with Crippen molar-refractivity contribution in [3.8, 4) is 0 Å². The molecule has 2 heterocycles. The first-order valence-electron chi connectivity index (χ1n) is 26.6. The van der Waals surface area contributed by atoms with Crippen LogP contribution in [-0.4, -0.2) is 96.9 Å². The number of aliphatic hydroxyl groups is 3. The Bertz CT molecular complexity index is 1940. The summed E-state index contributed by atoms with van der Waals surface area (Å²) in [4.78, 5) is 62.0. The van der Waals surface area contributed by atoms with E-state index in [9.17, 15) is 48.6 Å². The molecule has 0 bridgehead atoms. The van der Waals surface area contributed by atoms with Crippen LogP contribution in [0.4, 0.5) is 5.82 Å². The number of carbonyl (C=O) groups is 2. The molecule has 2 rings (SSSR count). The first-order chi connectivity index (χ1) is 34.9. The van der Waals surface area contributed by atoms with Crippen LogP contribution < -0.4 is 11.4 Å². The van der Waals surface area contributed by atoms with Crippen LogP contribution in [0.25, 0.3) is 0 Å². The Balaban J connectivity index is 1.81. The fourth-order valence-corrected chi connectivity index (χ4v) is 9.82. The molecule has 1 aliphatic heterocycles. The predicted molar refractivity (Wildman–Crippen MR) is 281 cm³/mol. The number of carbonyl (C=O) groups excluding carboxylic acids is 2. The second-order valence-electron chi connectivity index (χ2n) is 19.0. The van der Waals surface area contributed by atoms with Crippen molar-refractivity contribution in [3.05, 3.63) is 71.4 Å². The molecule has 0 amide bonds. The third-order valence-corrected chi connectivity index (χ3v) is 14.6. The van der Waals surface area contributed by atoms with Crippen LogP contribution in [0.3, 0.4) is 0 Å². The van der Waals surface area contributed by atoms with Crippen molar-refractivity contribution < 1.29 is 71.4 Å². The van der Waals surface area contributed by atoms with E-state index in [-0.39, 0.29) is 24.8 Å². The number of anilines is 1. The SMILES string of the molecule is CC[C@@H](O)CC/C=C\C/C=C\C/C=C\C/C=C\CCCC(=O)O[C@H](COC(=O)CCCCCCCCCCCCCCCCC(C)C)COP(=O)(O)OP(=O)(O)OC[C@H]1O[C@@H](n2ccc(N)nc2=O)[C@H](O)[C@@H]1O. The molecular formula is C52H89N3O16P2. The fourth-order valence-electron chi connectivity index (χ4n) is 7.71. The molecule has 7 N–H and O–H groups in total. The second-order valence-corrected chi connectivity index (χ2v) is 22.0. The van der Waals surface area contributed by atoms with Crippen LogP contribution in [0, 0.1) is 5.92 Å². The number of hydrogen-bond acceptors (Lipinski definition) is 16. The van der Waals surface area contributed by atoms with Crippen molar-refractivity contribution in [1.29, 1.82) is 0 Å². The standard InChI is InChI=1S/C52H89N3O16P2/c1-4-43(56)34-30-26-22-18-14-10-6-8-12-16-20-24-28-32-36-48(58)69-44(39-66-47(57)35-31-27-23-19-15-11-7-5-9-13-17-21-25-29-33-42(2)3)40-67-72(62,63)71-73(64,65)68-41-45-49(59)50(60)51(70-45)55-38-37-46(53)54-52(55)61/h8,10,12,14,20,22,24,26,37-38,42-45,49-51,56,59-60H,4-7,9,11,13,15-19,21,23,25,27-36,39-41H2,1-3H3,(H,62,63)(H,64,65)(H2,53,54,61)/b12-8-,14-10-,24-20-,26-22-/t43-,44-,45-,49-,50-,51-/m1/s1. The molecule has 21 heteroatoms. The van der Waals surface area contributed by atoms with E-state index < -0.39 is 83.7 Å². The van der Waals surface area contributed by atoms with Gasteiger partial charge < -0.3 is 45.1 Å². The molecule has 1 aromatic heterocycles. The number of aliphatic hydroxyl groups excluding tert-OH is 3. The number of aromatic nitrogens is 2. The van der Waals surface area contributed by atoms with Gasteiger partial charge in [-0.25, -0.2) is 13.9 Å². The quantitative estimate of drug-likeness (QED) is 0.0153. The molecule has 0 saturated carbocycles. The second kappa shape index (κ2) is 39.1. The van der Waals surface area contributed by atoms with Gasteiger partial charge in [0.15, 0.2) is 12.3 Å². The average Bonchev–Trinajstić information content (AvgIpc) is 3.62. The maximum Gasteiger partial charge on any atom is 0.481 e. The number of hydrogen-bond donors (Lipinski definition) is 6. The molecule has 0 aliphatic carbocycles. The molecule has 8 atom stereocenters. The molecule has 73 heavy (non-hydrogen) atoms. The van der Waals surface area contributed by atoms with Crippen LogP contribution in [0.1, 0.15) is 188 Å². The van der Waals surface area contributed by atoms with Crippen LogP contribution in [0.2, 0.25) is 0 Å². The number of nitrogens with two attached hydrogens (primary N) is 1. The molecular weight excluding hydrogens is 985 g/mol. The van der Waals surface area contributed by atoms with Crippen molar-refractivity contribution in [1.82, 2.24) is 9.55 Å². The predicted octanol–water partition coefficient (Wildman–Crippen LogP) is 10.2. The number of phosphoric ester groups is 2. The first kappa shape index (κ1) is 65.8. The van der Waals surface area contributed by atoms with Gasteiger partial charge in [0, 0.05) is 19.0 Å². The molecule has 0 radical (unpaired) electrons. The first-order valence-corrected chi connectivity index (χ1v) is 29.6. The summed E-state index contributed by atoms with van der Waals surface area (Å²) in [5.41, 5.74) is 4.58. The summed E-state index contributed by atoms with van der Waals surface area (Å²) < 4.78 is 56.8. The molecule has 1 saturated heterocycles. The highest BCUT2D eigenvalue weighted by atomic mass is 31.3. The lowest BCUT2D eigenvalue weighted by molar-refractivity contribution is -0.161. The highest BCUT2D eigenvalue weighted by molar-refractivity contribution is 7.61. The molecule has 0 spiro atoms. The van der Waals surface area contributed by atoms with Crippen LogP contribution >= 0.6 is 15.6 Å². The number of unbranched alkanes of at least 4 members (excludes halogenated alkanes) is 14. The molecule has 1 aromatic rings. The summed E-state index contributed by atoms with van der Waals surface area (Å²) in [5.74, 6) is -0.589. The topological polar surface area (TPSA) is 286 Å². The number of ether oxygens (including phenoxy) is 3. The Kier molecular flexibility index (Phi) is 35.3. The number of allylic oxidation sites excluding steroid dienone is 8. The number of nitrogen functional groups attached to an aromatic ring is 1. The molecule has 1 fully saturated rings. The third kappa shape index (κ3) is 32.7. The highest BCUT2D eigenvalue weighted by Crippen LogP contribution is 2.60. The monoisotopic (exact) mass is 1070 g/mol. The molecule has 19 nitrogen and oxygen atoms in total. The van der Waals surface area contributed by atoms with Gasteiger partial charge in [-0.2, -0.15) is 9.29 Å². The van der Waals surface area contributed by atoms with E-state index in [1.807, 2.05) is 25.2 Å². The Morgan fingerprint density at radius 2 is 1.25 bits per heavy atom. The number of nitrogens with zero attached hydrogens (tertiary/aromatic N) is 2. The van der Waals surface area contributed by atoms with Crippen molar-refractivity contribution in [2.24, 2.45) is 5.92 Å². The fraction of sp³-hybridized carbons (Fsp3) is 0.731. The summed E-state index contributed by atoms with van der Waals surface area (Å²) in [7, 11) is -10.9. The van der Waals surface area contributed by atoms with Crippen LogP contribution in [0.5, 0.6) is 0 Å². The summed E-state index contributed by atoms with van der Waals surface area (Å²) >= 11 is 0. The number of esters is 2. The van der Waals surface area contributed by atoms with E-state index in [0.717, 1.165) is 74.5 Å². The lowest BCUT2D eigenvalue weighted by Gasteiger charge is -2.21. The largest absolute Gasteiger partial charge is 0.481 e. The average molecular weight is 1070 g/mol. The van der Waals surface area contributed by atoms with Gasteiger partial charge in [0.2, 0.25) is 0 Å². The van der Waals surface area contributed by atoms with Crippen molar-refractivity contribution in [2.45, 2.75) is 218 Å². The van der Waals surface area contributed by atoms with Gasteiger partial charge in [-0.15, -0.1) is 0 Å². The maximum atomic E-state index is 12.9. The summed E-state index contributed by atoms with van der Waals surface area (Å²) in [6, 6.07) is 1.24. The molecule has 1 aliphatic rings. The lowest BCUT2D eigenvalue weighted by atomic mass is 10.0. The number of rotatable bonds is 43. The molecule has 0 aromatic carbocycles. The van der Waals surface area contributed by atoms with Gasteiger partial charge >= 0.3 is 33.3 Å². The van der Waals surface area contributed by atoms with Crippen molar-refractivity contribution in [2.75, 3.05) is 25.6 Å². The van der Waals surface area contributed by atoms with Crippen molar-refractivity contribution >= 4 is 33.4 Å². The normalized spacial score (nSPS) is 19.8. The highest BCUT2D eigenvalue weighted by Gasteiger charge is 2.46. The minimum Gasteiger partial charge on any atom is -0.462 e. The minimum atomic E-state index is -5.44. The molecule has 2 unspecified atom stereocenters. The Labute approximate surface area is 433 Å². The van der Waals surface area contributed by atoms with Gasteiger partial charge in [-0.3, -0.25) is 23.2 Å². The van der Waals surface area contributed by atoms with Crippen LogP contribution in [0.15, 0.2) is 65.7 Å². The summed E-state index contributed by atoms with van der Waals surface area (Å²) in [6.45, 7) is 4.15. The Morgan fingerprint density at radius 3 is 1.81 bits per heavy atom. The van der Waals surface area contributed by atoms with Crippen molar-refractivity contribution in [3.63, 3.8) is 0 Å². The van der Waals surface area contributed by atoms with Gasteiger partial charge in [0.05, 0.1) is 19.3 Å². The van der Waals surface area contributed by atoms with Crippen LogP contribution in [-0.2, 0) is 46.3 Å². The van der Waals surface area contributed by atoms with E-state index in [4.69, 9.17) is 29.0 Å². The van der Waals surface area contributed by atoms with E-state index >= 15 is 0 Å². The van der Waals surface area contributed by atoms with E-state index in [1.54, 1.807) is 0 Å². The zero-order valence-electron chi connectivity index (χ0n) is 43.7. The molecule has 418 valence electrons. The zero-order chi connectivity index (χ0) is 53.7. The van der Waals surface area contributed by atoms with Gasteiger partial charge in [0.25, 0.3) is 0 Å². The maximum absolute atomic E-state index is 12.9. The zero-order valence-corrected chi connectivity index (χ0v) is 45.5. The van der Waals surface area contributed by atoms with E-state index in [1.165, 1.54) is 70.3 Å². The van der Waals surface area contributed by atoms with E-state index in [0.29, 0.717) is 25.7 Å². The smallest absolute Gasteiger partial charge is 0.462 e. The van der Waals surface area contributed by atoms with Gasteiger partial charge in [-0.05, 0) is 69.8 Å². The van der Waals surface area contributed by atoms with E-state index in [2.05, 4.69) is 53.5 Å². The summed E-state index contributed by atoms with van der Waals surface area (Å²) in [6.07, 6.45) is 32.9. The van der Waals surface area contributed by atoms with Gasteiger partial charge in [0.1, 0.15) is 30.7 Å². The third-order valence-electron chi connectivity index (χ3n) is 12.0. The Hall–Kier alpha value is -3.32. The summed E-state index contributed by atoms with van der Waals surface area (Å²) in [5, 5.41) is 30.5. The minimum absolute atomic E-state index is 0.0389.